The van der Waals surface area contributed by atoms with Crippen LogP contribution in [0.25, 0.3) is 11.0 Å². The molecule has 2 unspecified atom stereocenters. The van der Waals surface area contributed by atoms with Crippen LogP contribution in [-0.2, 0) is 6.42 Å². The molecular formula is C13H13ClF2N2. The summed E-state index contributed by atoms with van der Waals surface area (Å²) in [6, 6.07) is 2.87. The van der Waals surface area contributed by atoms with E-state index >= 15 is 0 Å². The Kier molecular flexibility index (Phi) is 2.77. The fraction of sp³-hybridized carbons (Fsp3) is 0.462. The van der Waals surface area contributed by atoms with E-state index in [1.807, 2.05) is 4.57 Å². The maximum atomic E-state index is 14.0. The predicted octanol–water partition coefficient (Wildman–Crippen LogP) is 3.68. The van der Waals surface area contributed by atoms with Gasteiger partial charge in [-0.25, -0.2) is 13.8 Å². The lowest BCUT2D eigenvalue weighted by molar-refractivity contribution is 0.509. The summed E-state index contributed by atoms with van der Waals surface area (Å²) in [6.07, 6.45) is 1.55. The van der Waals surface area contributed by atoms with Gasteiger partial charge in [0, 0.05) is 18.3 Å². The van der Waals surface area contributed by atoms with E-state index < -0.39 is 11.6 Å². The second-order valence-corrected chi connectivity index (χ2v) is 5.22. The number of imidazole rings is 1. The fourth-order valence-electron chi connectivity index (χ4n) is 2.45. The van der Waals surface area contributed by atoms with Crippen LogP contribution in [0.15, 0.2) is 12.1 Å². The molecule has 0 radical (unpaired) electrons. The molecule has 1 aromatic heterocycles. The Morgan fingerprint density at radius 3 is 2.78 bits per heavy atom. The van der Waals surface area contributed by atoms with Crippen molar-refractivity contribution in [3.8, 4) is 0 Å². The summed E-state index contributed by atoms with van der Waals surface area (Å²) < 4.78 is 29.2. The molecule has 0 bridgehead atoms. The molecule has 18 heavy (non-hydrogen) atoms. The lowest BCUT2D eigenvalue weighted by Crippen LogP contribution is -2.05. The van der Waals surface area contributed by atoms with E-state index in [1.54, 1.807) is 0 Å². The third-order valence-corrected chi connectivity index (χ3v) is 3.72. The molecule has 5 heteroatoms. The molecule has 2 nitrogen and oxygen atoms in total. The number of aromatic nitrogens is 2. The van der Waals surface area contributed by atoms with Crippen LogP contribution in [0.5, 0.6) is 0 Å². The highest BCUT2D eigenvalue weighted by Gasteiger charge is 2.37. The van der Waals surface area contributed by atoms with Gasteiger partial charge < -0.3 is 4.57 Å². The first kappa shape index (κ1) is 11.9. The first-order valence-electron chi connectivity index (χ1n) is 6.04. The Bertz CT molecular complexity index is 609. The van der Waals surface area contributed by atoms with Gasteiger partial charge in [-0.15, -0.1) is 11.6 Å². The van der Waals surface area contributed by atoms with Gasteiger partial charge in [0.2, 0.25) is 0 Å². The standard InChI is InChI=1S/C13H13ClF2N2/c1-7-6-10(7)18-11(4-5-14)17-9-3-2-8(15)12(16)13(9)18/h2-3,7,10H,4-6H2,1H3. The number of alkyl halides is 1. The number of halogens is 3. The van der Waals surface area contributed by atoms with Crippen molar-refractivity contribution in [2.45, 2.75) is 25.8 Å². The maximum absolute atomic E-state index is 14.0. The van der Waals surface area contributed by atoms with Crippen LogP contribution in [0.1, 0.15) is 25.2 Å². The molecular weight excluding hydrogens is 258 g/mol. The molecule has 0 spiro atoms. The van der Waals surface area contributed by atoms with Crippen LogP contribution in [0, 0.1) is 17.6 Å². The van der Waals surface area contributed by atoms with Crippen molar-refractivity contribution in [1.82, 2.24) is 9.55 Å². The van der Waals surface area contributed by atoms with E-state index in [9.17, 15) is 8.78 Å². The van der Waals surface area contributed by atoms with Gasteiger partial charge >= 0.3 is 0 Å². The van der Waals surface area contributed by atoms with Crippen molar-refractivity contribution >= 4 is 22.6 Å². The van der Waals surface area contributed by atoms with Crippen molar-refractivity contribution in [2.75, 3.05) is 5.88 Å². The highest BCUT2D eigenvalue weighted by atomic mass is 35.5. The lowest BCUT2D eigenvalue weighted by atomic mass is 10.3. The van der Waals surface area contributed by atoms with E-state index in [-0.39, 0.29) is 11.6 Å². The summed E-state index contributed by atoms with van der Waals surface area (Å²) in [4.78, 5) is 4.37. The Hall–Kier alpha value is -1.16. The van der Waals surface area contributed by atoms with Gasteiger partial charge in [-0.3, -0.25) is 0 Å². The van der Waals surface area contributed by atoms with Gasteiger partial charge in [0.1, 0.15) is 11.3 Å². The highest BCUT2D eigenvalue weighted by Crippen LogP contribution is 2.45. The van der Waals surface area contributed by atoms with E-state index in [0.29, 0.717) is 23.7 Å². The molecule has 0 amide bonds. The Labute approximate surface area is 109 Å². The van der Waals surface area contributed by atoms with E-state index in [0.717, 1.165) is 18.3 Å². The monoisotopic (exact) mass is 270 g/mol. The van der Waals surface area contributed by atoms with Gasteiger partial charge in [-0.05, 0) is 24.5 Å². The molecule has 2 aromatic rings. The summed E-state index contributed by atoms with van der Waals surface area (Å²) >= 11 is 5.75. The lowest BCUT2D eigenvalue weighted by Gasteiger charge is -2.07. The number of hydrogen-bond acceptors (Lipinski definition) is 1. The van der Waals surface area contributed by atoms with Gasteiger partial charge in [0.25, 0.3) is 0 Å². The Morgan fingerprint density at radius 2 is 2.17 bits per heavy atom. The SMILES string of the molecule is CC1CC1n1c(CCCl)nc2ccc(F)c(F)c21. The van der Waals surface area contributed by atoms with Crippen LogP contribution < -0.4 is 0 Å². The Morgan fingerprint density at radius 1 is 1.44 bits per heavy atom. The molecule has 1 aliphatic carbocycles. The summed E-state index contributed by atoms with van der Waals surface area (Å²) in [5.74, 6) is 0.0291. The predicted molar refractivity (Wildman–Crippen MR) is 66.9 cm³/mol. The Balaban J connectivity index is 2.26. The normalized spacial score (nSPS) is 22.7. The fourth-order valence-corrected chi connectivity index (χ4v) is 2.62. The molecule has 1 saturated carbocycles. The van der Waals surface area contributed by atoms with Crippen LogP contribution in [0.2, 0.25) is 0 Å². The average Bonchev–Trinajstić information content (AvgIpc) is 2.93. The minimum atomic E-state index is -0.825. The molecule has 1 aliphatic rings. The zero-order valence-corrected chi connectivity index (χ0v) is 10.7. The van der Waals surface area contributed by atoms with E-state index in [1.165, 1.54) is 6.07 Å². The quantitative estimate of drug-likeness (QED) is 0.778. The minimum Gasteiger partial charge on any atom is -0.322 e. The van der Waals surface area contributed by atoms with Crippen molar-refractivity contribution < 1.29 is 8.78 Å². The van der Waals surface area contributed by atoms with Crippen LogP contribution in [-0.4, -0.2) is 15.4 Å². The molecule has 0 N–H and O–H groups in total. The smallest absolute Gasteiger partial charge is 0.184 e. The van der Waals surface area contributed by atoms with Crippen LogP contribution in [0.4, 0.5) is 8.78 Å². The second kappa shape index (κ2) is 4.19. The summed E-state index contributed by atoms with van der Waals surface area (Å²) in [5.41, 5.74) is 0.789. The summed E-state index contributed by atoms with van der Waals surface area (Å²) in [6.45, 7) is 2.10. The van der Waals surface area contributed by atoms with Gasteiger partial charge in [-0.2, -0.15) is 0 Å². The number of benzene rings is 1. The number of aryl methyl sites for hydroxylation is 1. The van der Waals surface area contributed by atoms with Crippen molar-refractivity contribution in [2.24, 2.45) is 5.92 Å². The zero-order valence-electron chi connectivity index (χ0n) is 9.96. The van der Waals surface area contributed by atoms with E-state index in [2.05, 4.69) is 11.9 Å². The molecule has 2 atom stereocenters. The molecule has 0 aliphatic heterocycles. The van der Waals surface area contributed by atoms with Crippen molar-refractivity contribution in [3.63, 3.8) is 0 Å². The molecule has 0 saturated heterocycles. The second-order valence-electron chi connectivity index (χ2n) is 4.85. The highest BCUT2D eigenvalue weighted by molar-refractivity contribution is 6.17. The largest absolute Gasteiger partial charge is 0.322 e. The van der Waals surface area contributed by atoms with E-state index in [4.69, 9.17) is 11.6 Å². The number of nitrogens with zero attached hydrogens (tertiary/aromatic N) is 2. The third-order valence-electron chi connectivity index (χ3n) is 3.53. The van der Waals surface area contributed by atoms with Gasteiger partial charge in [0.15, 0.2) is 11.6 Å². The zero-order chi connectivity index (χ0) is 12.9. The summed E-state index contributed by atoms with van der Waals surface area (Å²) in [7, 11) is 0. The maximum Gasteiger partial charge on any atom is 0.184 e. The van der Waals surface area contributed by atoms with Crippen molar-refractivity contribution in [3.05, 3.63) is 29.6 Å². The minimum absolute atomic E-state index is 0.226. The summed E-state index contributed by atoms with van der Waals surface area (Å²) in [5, 5.41) is 0. The number of fused-ring (bicyclic) bond motifs is 1. The van der Waals surface area contributed by atoms with Gasteiger partial charge in [0.05, 0.1) is 5.52 Å². The average molecular weight is 271 g/mol. The molecule has 1 fully saturated rings. The first-order valence-corrected chi connectivity index (χ1v) is 6.57. The van der Waals surface area contributed by atoms with Crippen LogP contribution in [0.3, 0.4) is 0 Å². The topological polar surface area (TPSA) is 17.8 Å². The number of hydrogen-bond donors (Lipinski definition) is 0. The third kappa shape index (κ3) is 1.70. The molecule has 96 valence electrons. The van der Waals surface area contributed by atoms with Crippen LogP contribution >= 0.6 is 11.6 Å². The van der Waals surface area contributed by atoms with Gasteiger partial charge in [-0.1, -0.05) is 6.92 Å². The molecule has 3 rings (SSSR count). The molecule has 1 heterocycles. The molecule has 1 aromatic carbocycles. The number of rotatable bonds is 3. The van der Waals surface area contributed by atoms with Crippen molar-refractivity contribution in [1.29, 1.82) is 0 Å². The first-order chi connectivity index (χ1) is 8.63.